The smallest absolute Gasteiger partial charge is 0.449 e. The van der Waals surface area contributed by atoms with Crippen molar-refractivity contribution >= 4 is 16.9 Å². The number of ether oxygens (including phenoxy) is 1. The minimum Gasteiger partial charge on any atom is -0.497 e. The third kappa shape index (κ3) is 3.28. The Bertz CT molecular complexity index is 931. The highest BCUT2D eigenvalue weighted by Crippen LogP contribution is 2.33. The molecular formula is C17H14F3N3O2. The van der Waals surface area contributed by atoms with Crippen LogP contribution in [0.5, 0.6) is 5.75 Å². The Morgan fingerprint density at radius 1 is 1.20 bits per heavy atom. The van der Waals surface area contributed by atoms with Gasteiger partial charge in [0, 0.05) is 18.2 Å². The van der Waals surface area contributed by atoms with Crippen molar-refractivity contribution in [1.82, 2.24) is 9.55 Å². The number of methoxy groups -OCH3 is 1. The molecule has 1 amide bonds. The number of halogens is 3. The van der Waals surface area contributed by atoms with Crippen LogP contribution >= 0.6 is 0 Å². The maximum atomic E-state index is 13.4. The van der Waals surface area contributed by atoms with E-state index in [0.717, 1.165) is 4.57 Å². The zero-order valence-corrected chi connectivity index (χ0v) is 13.2. The van der Waals surface area contributed by atoms with Crippen LogP contribution in [0.1, 0.15) is 21.7 Å². The van der Waals surface area contributed by atoms with Gasteiger partial charge in [0.1, 0.15) is 5.75 Å². The largest absolute Gasteiger partial charge is 0.497 e. The van der Waals surface area contributed by atoms with Gasteiger partial charge in [0.25, 0.3) is 0 Å². The summed E-state index contributed by atoms with van der Waals surface area (Å²) in [5.74, 6) is -1.16. The molecule has 0 aliphatic carbocycles. The Balaban J connectivity index is 2.08. The molecule has 130 valence electrons. The van der Waals surface area contributed by atoms with Crippen LogP contribution in [-0.4, -0.2) is 22.6 Å². The predicted octanol–water partition coefficient (Wildman–Crippen LogP) is 3.21. The summed E-state index contributed by atoms with van der Waals surface area (Å²) in [6, 6.07) is 10.7. The van der Waals surface area contributed by atoms with Gasteiger partial charge in [0.05, 0.1) is 18.1 Å². The molecule has 0 aliphatic rings. The molecule has 3 aromatic rings. The van der Waals surface area contributed by atoms with Gasteiger partial charge in [-0.3, -0.25) is 4.79 Å². The molecule has 0 saturated heterocycles. The number of rotatable bonds is 4. The summed E-state index contributed by atoms with van der Waals surface area (Å²) in [5.41, 5.74) is 6.58. The molecule has 0 radical (unpaired) electrons. The van der Waals surface area contributed by atoms with Gasteiger partial charge in [-0.05, 0) is 29.8 Å². The van der Waals surface area contributed by atoms with Crippen molar-refractivity contribution < 1.29 is 22.7 Å². The number of aromatic nitrogens is 2. The van der Waals surface area contributed by atoms with Gasteiger partial charge in [-0.15, -0.1) is 0 Å². The van der Waals surface area contributed by atoms with E-state index in [2.05, 4.69) is 4.98 Å². The van der Waals surface area contributed by atoms with Gasteiger partial charge in [-0.25, -0.2) is 4.98 Å². The summed E-state index contributed by atoms with van der Waals surface area (Å²) in [7, 11) is 1.43. The van der Waals surface area contributed by atoms with E-state index in [-0.39, 0.29) is 12.1 Å². The highest BCUT2D eigenvalue weighted by molar-refractivity contribution is 5.92. The fraction of sp³-hybridized carbons (Fsp3) is 0.176. The number of carbonyl (C=O) groups is 1. The third-order valence-electron chi connectivity index (χ3n) is 3.79. The molecule has 2 N–H and O–H groups in total. The third-order valence-corrected chi connectivity index (χ3v) is 3.79. The Morgan fingerprint density at radius 2 is 1.88 bits per heavy atom. The zero-order chi connectivity index (χ0) is 18.2. The van der Waals surface area contributed by atoms with E-state index in [4.69, 9.17) is 10.5 Å². The molecule has 3 rings (SSSR count). The Morgan fingerprint density at radius 3 is 2.44 bits per heavy atom. The molecule has 0 spiro atoms. The van der Waals surface area contributed by atoms with Crippen LogP contribution in [-0.2, 0) is 12.7 Å². The molecular weight excluding hydrogens is 335 g/mol. The predicted molar refractivity (Wildman–Crippen MR) is 85.3 cm³/mol. The second-order valence-corrected chi connectivity index (χ2v) is 5.44. The number of nitrogens with two attached hydrogens (primary N) is 1. The Hall–Kier alpha value is -3.03. The van der Waals surface area contributed by atoms with E-state index < -0.39 is 17.9 Å². The summed E-state index contributed by atoms with van der Waals surface area (Å²) in [4.78, 5) is 14.8. The molecule has 0 fully saturated rings. The minimum absolute atomic E-state index is 0.0449. The standard InChI is InChI=1S/C17H14F3N3O2/c1-25-12-6-7-14-13(8-12)22-16(17(18,19)20)23(14)9-10-2-4-11(5-3-10)15(21)24/h2-8H,9H2,1H3,(H2,21,24). The molecule has 0 unspecified atom stereocenters. The first-order valence-corrected chi connectivity index (χ1v) is 7.30. The normalized spacial score (nSPS) is 11.7. The van der Waals surface area contributed by atoms with Crippen molar-refractivity contribution in [1.29, 1.82) is 0 Å². The first kappa shape index (κ1) is 16.8. The number of imidazole rings is 1. The molecule has 5 nitrogen and oxygen atoms in total. The van der Waals surface area contributed by atoms with E-state index in [1.165, 1.54) is 31.4 Å². The first-order chi connectivity index (χ1) is 11.8. The van der Waals surface area contributed by atoms with Gasteiger partial charge in [0.2, 0.25) is 11.7 Å². The number of hydrogen-bond donors (Lipinski definition) is 1. The fourth-order valence-corrected chi connectivity index (χ4v) is 2.57. The van der Waals surface area contributed by atoms with E-state index in [1.54, 1.807) is 18.2 Å². The maximum absolute atomic E-state index is 13.4. The van der Waals surface area contributed by atoms with Crippen molar-refractivity contribution in [2.45, 2.75) is 12.7 Å². The molecule has 1 aromatic heterocycles. The Kier molecular flexibility index (Phi) is 4.12. The van der Waals surface area contributed by atoms with Crippen LogP contribution in [0.25, 0.3) is 11.0 Å². The highest BCUT2D eigenvalue weighted by Gasteiger charge is 2.37. The monoisotopic (exact) mass is 349 g/mol. The lowest BCUT2D eigenvalue weighted by molar-refractivity contribution is -0.146. The van der Waals surface area contributed by atoms with E-state index in [9.17, 15) is 18.0 Å². The molecule has 2 aromatic carbocycles. The average Bonchev–Trinajstić information content (AvgIpc) is 2.93. The van der Waals surface area contributed by atoms with Crippen LogP contribution in [0.3, 0.4) is 0 Å². The molecule has 25 heavy (non-hydrogen) atoms. The summed E-state index contributed by atoms with van der Waals surface area (Å²) in [6.07, 6.45) is -4.60. The van der Waals surface area contributed by atoms with Gasteiger partial charge >= 0.3 is 6.18 Å². The van der Waals surface area contributed by atoms with Gasteiger partial charge in [-0.1, -0.05) is 12.1 Å². The zero-order valence-electron chi connectivity index (χ0n) is 13.2. The van der Waals surface area contributed by atoms with Crippen LogP contribution < -0.4 is 10.5 Å². The van der Waals surface area contributed by atoms with Crippen molar-refractivity contribution in [3.05, 3.63) is 59.4 Å². The summed E-state index contributed by atoms with van der Waals surface area (Å²) < 4.78 is 46.2. The second-order valence-electron chi connectivity index (χ2n) is 5.44. The van der Waals surface area contributed by atoms with Gasteiger partial charge < -0.3 is 15.0 Å². The quantitative estimate of drug-likeness (QED) is 0.786. The minimum atomic E-state index is -4.60. The summed E-state index contributed by atoms with van der Waals surface area (Å²) in [5, 5.41) is 0. The first-order valence-electron chi connectivity index (χ1n) is 7.30. The second kappa shape index (κ2) is 6.12. The van der Waals surface area contributed by atoms with E-state index in [1.807, 2.05) is 0 Å². The number of alkyl halides is 3. The summed E-state index contributed by atoms with van der Waals surface area (Å²) >= 11 is 0. The SMILES string of the molecule is COc1ccc2c(c1)nc(C(F)(F)F)n2Cc1ccc(C(N)=O)cc1. The van der Waals surface area contributed by atoms with Gasteiger partial charge in [-0.2, -0.15) is 13.2 Å². The lowest BCUT2D eigenvalue weighted by atomic mass is 10.1. The van der Waals surface area contributed by atoms with Crippen LogP contribution in [0.2, 0.25) is 0 Å². The topological polar surface area (TPSA) is 70.1 Å². The van der Waals surface area contributed by atoms with Crippen molar-refractivity contribution in [3.63, 3.8) is 0 Å². The van der Waals surface area contributed by atoms with Crippen LogP contribution in [0.15, 0.2) is 42.5 Å². The lowest BCUT2D eigenvalue weighted by Crippen LogP contribution is -2.16. The molecule has 0 saturated carbocycles. The molecule has 0 aliphatic heterocycles. The van der Waals surface area contributed by atoms with Gasteiger partial charge in [0.15, 0.2) is 0 Å². The number of hydrogen-bond acceptors (Lipinski definition) is 3. The number of amides is 1. The number of benzene rings is 2. The van der Waals surface area contributed by atoms with Crippen molar-refractivity contribution in [2.24, 2.45) is 5.73 Å². The molecule has 0 bridgehead atoms. The molecule has 1 heterocycles. The van der Waals surface area contributed by atoms with Crippen LogP contribution in [0, 0.1) is 0 Å². The Labute approximate surface area is 140 Å². The maximum Gasteiger partial charge on any atom is 0.449 e. The average molecular weight is 349 g/mol. The fourth-order valence-electron chi connectivity index (χ4n) is 2.57. The number of nitrogens with zero attached hydrogens (tertiary/aromatic N) is 2. The number of primary amides is 1. The highest BCUT2D eigenvalue weighted by atomic mass is 19.4. The molecule has 8 heteroatoms. The van der Waals surface area contributed by atoms with Crippen molar-refractivity contribution in [3.8, 4) is 5.75 Å². The van der Waals surface area contributed by atoms with Crippen molar-refractivity contribution in [2.75, 3.05) is 7.11 Å². The van der Waals surface area contributed by atoms with E-state index in [0.29, 0.717) is 22.4 Å². The van der Waals surface area contributed by atoms with E-state index >= 15 is 0 Å². The lowest BCUT2D eigenvalue weighted by Gasteiger charge is -2.12. The van der Waals surface area contributed by atoms with Crippen LogP contribution in [0.4, 0.5) is 13.2 Å². The summed E-state index contributed by atoms with van der Waals surface area (Å²) in [6.45, 7) is -0.0449. The number of carbonyl (C=O) groups excluding carboxylic acids is 1. The molecule has 0 atom stereocenters. The number of fused-ring (bicyclic) bond motifs is 1.